The lowest BCUT2D eigenvalue weighted by Gasteiger charge is -2.34. The van der Waals surface area contributed by atoms with Gasteiger partial charge in [0.1, 0.15) is 0 Å². The Hall–Kier alpha value is -0.870. The molecule has 0 N–H and O–H groups in total. The summed E-state index contributed by atoms with van der Waals surface area (Å²) in [5.74, 6) is -0.971. The zero-order chi connectivity index (χ0) is 14.9. The van der Waals surface area contributed by atoms with Crippen molar-refractivity contribution in [1.29, 1.82) is 0 Å². The molecule has 0 atom stereocenters. The summed E-state index contributed by atoms with van der Waals surface area (Å²) in [4.78, 5) is 25.9. The summed E-state index contributed by atoms with van der Waals surface area (Å²) in [6.07, 6.45) is 1.87. The van der Waals surface area contributed by atoms with Gasteiger partial charge in [-0.1, -0.05) is 47.4 Å². The van der Waals surface area contributed by atoms with Crippen LogP contribution >= 0.6 is 27.5 Å². The van der Waals surface area contributed by atoms with Crippen molar-refractivity contribution in [1.82, 2.24) is 0 Å². The van der Waals surface area contributed by atoms with Crippen LogP contribution in [0.2, 0.25) is 5.02 Å². The Labute approximate surface area is 132 Å². The number of rotatable bonds is 5. The number of nitrogens with zero attached hydrogens (tertiary/aromatic N) is 1. The monoisotopic (exact) mass is 357 g/mol. The van der Waals surface area contributed by atoms with Gasteiger partial charge in [-0.3, -0.25) is 9.59 Å². The third-order valence-corrected chi connectivity index (χ3v) is 5.73. The van der Waals surface area contributed by atoms with Crippen LogP contribution in [0.15, 0.2) is 18.2 Å². The zero-order valence-corrected chi connectivity index (χ0v) is 13.9. The lowest BCUT2D eigenvalue weighted by molar-refractivity contribution is -0.114. The second-order valence-corrected chi connectivity index (χ2v) is 6.16. The SMILES string of the molecule is CCC(CC)(CBr)CN1C(=O)C(=O)c2c(Cl)cccc21. The van der Waals surface area contributed by atoms with E-state index in [1.165, 1.54) is 0 Å². The van der Waals surface area contributed by atoms with Gasteiger partial charge in [0.25, 0.3) is 11.7 Å². The van der Waals surface area contributed by atoms with Gasteiger partial charge in [-0.25, -0.2) is 0 Å². The van der Waals surface area contributed by atoms with Crippen molar-refractivity contribution in [2.75, 3.05) is 16.8 Å². The highest BCUT2D eigenvalue weighted by atomic mass is 79.9. The molecule has 0 aliphatic carbocycles. The van der Waals surface area contributed by atoms with Gasteiger partial charge in [0.2, 0.25) is 0 Å². The van der Waals surface area contributed by atoms with Crippen LogP contribution < -0.4 is 4.90 Å². The van der Waals surface area contributed by atoms with Crippen LogP contribution in [0.1, 0.15) is 37.0 Å². The maximum atomic E-state index is 12.2. The number of halogens is 2. The maximum absolute atomic E-state index is 12.2. The van der Waals surface area contributed by atoms with Crippen LogP contribution in [0, 0.1) is 5.41 Å². The minimum absolute atomic E-state index is 0.0279. The standard InChI is InChI=1S/C15H17BrClNO2/c1-3-15(4-2,8-16)9-18-11-7-5-6-10(17)12(11)13(19)14(18)20/h5-7H,3-4,8-9H2,1-2H3. The minimum Gasteiger partial charge on any atom is -0.304 e. The van der Waals surface area contributed by atoms with E-state index in [4.69, 9.17) is 11.6 Å². The molecule has 2 rings (SSSR count). The molecule has 1 aliphatic heterocycles. The van der Waals surface area contributed by atoms with Crippen molar-refractivity contribution in [3.63, 3.8) is 0 Å². The van der Waals surface area contributed by atoms with Crippen molar-refractivity contribution in [2.24, 2.45) is 5.41 Å². The average Bonchev–Trinajstić information content (AvgIpc) is 2.70. The van der Waals surface area contributed by atoms with Crippen molar-refractivity contribution < 1.29 is 9.59 Å². The quantitative estimate of drug-likeness (QED) is 0.588. The first-order valence-corrected chi connectivity index (χ1v) is 8.20. The van der Waals surface area contributed by atoms with E-state index in [0.717, 1.165) is 18.2 Å². The molecule has 0 saturated heterocycles. The Morgan fingerprint density at radius 2 is 1.90 bits per heavy atom. The molecule has 0 fully saturated rings. The fraction of sp³-hybridized carbons (Fsp3) is 0.467. The Morgan fingerprint density at radius 1 is 1.25 bits per heavy atom. The average molecular weight is 359 g/mol. The van der Waals surface area contributed by atoms with E-state index in [9.17, 15) is 9.59 Å². The van der Waals surface area contributed by atoms with Gasteiger partial charge >= 0.3 is 0 Å². The molecule has 0 radical (unpaired) electrons. The molecule has 1 amide bonds. The van der Waals surface area contributed by atoms with Crippen molar-refractivity contribution >= 4 is 44.9 Å². The second-order valence-electron chi connectivity index (χ2n) is 5.20. The highest BCUT2D eigenvalue weighted by Crippen LogP contribution is 2.38. The van der Waals surface area contributed by atoms with E-state index < -0.39 is 11.7 Å². The van der Waals surface area contributed by atoms with E-state index in [-0.39, 0.29) is 5.41 Å². The van der Waals surface area contributed by atoms with Gasteiger partial charge in [0.15, 0.2) is 0 Å². The molecule has 1 heterocycles. The molecule has 0 spiro atoms. The summed E-state index contributed by atoms with van der Waals surface area (Å²) in [5.41, 5.74) is 0.953. The normalized spacial score (nSPS) is 14.9. The largest absolute Gasteiger partial charge is 0.304 e. The first-order valence-electron chi connectivity index (χ1n) is 6.70. The van der Waals surface area contributed by atoms with Gasteiger partial charge < -0.3 is 4.90 Å². The van der Waals surface area contributed by atoms with E-state index in [1.54, 1.807) is 23.1 Å². The lowest BCUT2D eigenvalue weighted by Crippen LogP contribution is -2.41. The van der Waals surface area contributed by atoms with Crippen LogP contribution in [0.5, 0.6) is 0 Å². The number of carbonyl (C=O) groups is 2. The number of anilines is 1. The summed E-state index contributed by atoms with van der Waals surface area (Å²) >= 11 is 9.60. The number of fused-ring (bicyclic) bond motifs is 1. The number of benzene rings is 1. The van der Waals surface area contributed by atoms with E-state index in [1.807, 2.05) is 0 Å². The summed E-state index contributed by atoms with van der Waals surface area (Å²) in [6, 6.07) is 5.20. The molecule has 1 aliphatic rings. The Kier molecular flexibility index (Phi) is 4.55. The summed E-state index contributed by atoms with van der Waals surface area (Å²) in [7, 11) is 0. The molecule has 0 aromatic heterocycles. The van der Waals surface area contributed by atoms with Gasteiger partial charge in [-0.2, -0.15) is 0 Å². The number of Topliss-reactive ketones (excluding diaryl/α,β-unsaturated/α-hetero) is 1. The van der Waals surface area contributed by atoms with Crippen LogP contribution in [-0.2, 0) is 4.79 Å². The highest BCUT2D eigenvalue weighted by Gasteiger charge is 2.41. The Morgan fingerprint density at radius 3 is 2.45 bits per heavy atom. The summed E-state index contributed by atoms with van der Waals surface area (Å²) < 4.78 is 0. The second kappa shape index (κ2) is 5.86. The molecule has 0 bridgehead atoms. The van der Waals surface area contributed by atoms with Gasteiger partial charge in [-0.15, -0.1) is 0 Å². The van der Waals surface area contributed by atoms with Crippen LogP contribution in [0.25, 0.3) is 0 Å². The Bertz CT molecular complexity index is 547. The van der Waals surface area contributed by atoms with Crippen LogP contribution in [0.4, 0.5) is 5.69 Å². The smallest absolute Gasteiger partial charge is 0.299 e. The summed E-state index contributed by atoms with van der Waals surface area (Å²) in [5, 5.41) is 1.14. The molecular weight excluding hydrogens is 342 g/mol. The fourth-order valence-corrected chi connectivity index (χ4v) is 3.72. The predicted octanol–water partition coefficient (Wildman–Crippen LogP) is 4.07. The van der Waals surface area contributed by atoms with Gasteiger partial charge in [-0.05, 0) is 30.4 Å². The molecular formula is C15H17BrClNO2. The van der Waals surface area contributed by atoms with E-state index in [2.05, 4.69) is 29.8 Å². The van der Waals surface area contributed by atoms with Crippen LogP contribution in [0.3, 0.4) is 0 Å². The number of hydrogen-bond acceptors (Lipinski definition) is 2. The topological polar surface area (TPSA) is 37.4 Å². The number of amides is 1. The first-order chi connectivity index (χ1) is 9.49. The number of hydrogen-bond donors (Lipinski definition) is 0. The molecule has 108 valence electrons. The third kappa shape index (κ3) is 2.40. The molecule has 1 aromatic rings. The number of ketones is 1. The zero-order valence-electron chi connectivity index (χ0n) is 11.6. The molecule has 0 unspecified atom stereocenters. The molecule has 3 nitrogen and oxygen atoms in total. The first kappa shape index (κ1) is 15.5. The number of alkyl halides is 1. The maximum Gasteiger partial charge on any atom is 0.299 e. The Balaban J connectivity index is 2.43. The van der Waals surface area contributed by atoms with Crippen molar-refractivity contribution in [3.05, 3.63) is 28.8 Å². The molecule has 20 heavy (non-hydrogen) atoms. The van der Waals surface area contributed by atoms with E-state index in [0.29, 0.717) is 22.8 Å². The minimum atomic E-state index is -0.499. The van der Waals surface area contributed by atoms with Crippen molar-refractivity contribution in [2.45, 2.75) is 26.7 Å². The third-order valence-electron chi connectivity index (χ3n) is 4.23. The van der Waals surface area contributed by atoms with E-state index >= 15 is 0 Å². The molecule has 5 heteroatoms. The number of carbonyl (C=O) groups excluding carboxylic acids is 2. The van der Waals surface area contributed by atoms with Crippen molar-refractivity contribution in [3.8, 4) is 0 Å². The fourth-order valence-electron chi connectivity index (χ4n) is 2.50. The highest BCUT2D eigenvalue weighted by molar-refractivity contribution is 9.09. The predicted molar refractivity (Wildman–Crippen MR) is 84.9 cm³/mol. The molecule has 1 aromatic carbocycles. The van der Waals surface area contributed by atoms with Crippen LogP contribution in [-0.4, -0.2) is 23.6 Å². The lowest BCUT2D eigenvalue weighted by atomic mass is 9.84. The molecule has 0 saturated carbocycles. The van der Waals surface area contributed by atoms with Gasteiger partial charge in [0.05, 0.1) is 16.3 Å². The summed E-state index contributed by atoms with van der Waals surface area (Å²) in [6.45, 7) is 4.74. The van der Waals surface area contributed by atoms with Gasteiger partial charge in [0, 0.05) is 11.9 Å².